The molecule has 0 amide bonds. The predicted octanol–water partition coefficient (Wildman–Crippen LogP) is 5.89. The molecule has 0 N–H and O–H groups in total. The molecule has 0 nitrogen and oxygen atoms in total. The Morgan fingerprint density at radius 2 is 1.80 bits per heavy atom. The standard InChI is InChI=1S/C17H10BrFS/c1-11-2-4-12(5-3-11)15-10-16(18)20-17(15)13-6-8-14(19)9-7-13/h2-6,8,10H,1H3. The first-order valence-electron chi connectivity index (χ1n) is 6.10. The summed E-state index contributed by atoms with van der Waals surface area (Å²) in [6.07, 6.45) is 0. The van der Waals surface area contributed by atoms with Crippen LogP contribution in [0.25, 0.3) is 21.6 Å². The first-order valence-corrected chi connectivity index (χ1v) is 7.71. The molecule has 0 radical (unpaired) electrons. The summed E-state index contributed by atoms with van der Waals surface area (Å²) in [6, 6.07) is 19.0. The van der Waals surface area contributed by atoms with E-state index in [9.17, 15) is 4.39 Å². The Labute approximate surface area is 130 Å². The Morgan fingerprint density at radius 1 is 1.05 bits per heavy atom. The lowest BCUT2D eigenvalue weighted by atomic mass is 10.0. The molecule has 20 heavy (non-hydrogen) atoms. The Kier molecular flexibility index (Phi) is 3.60. The van der Waals surface area contributed by atoms with Crippen molar-refractivity contribution >= 4 is 27.3 Å². The van der Waals surface area contributed by atoms with Gasteiger partial charge in [-0.2, -0.15) is 4.39 Å². The molecule has 0 fully saturated rings. The van der Waals surface area contributed by atoms with Gasteiger partial charge in [0.25, 0.3) is 0 Å². The lowest BCUT2D eigenvalue weighted by Gasteiger charge is -2.03. The Bertz CT molecular complexity index is 664. The summed E-state index contributed by atoms with van der Waals surface area (Å²) in [5, 5.41) is 0. The summed E-state index contributed by atoms with van der Waals surface area (Å²) in [6.45, 7) is 2.07. The second kappa shape index (κ2) is 5.40. The molecule has 1 heterocycles. The maximum Gasteiger partial charge on any atom is 0.173 e. The van der Waals surface area contributed by atoms with Gasteiger partial charge in [0.2, 0.25) is 0 Å². The second-order valence-corrected chi connectivity index (χ2v) is 6.94. The molecular formula is C17H10BrFS. The number of halogens is 2. The molecule has 0 bridgehead atoms. The van der Waals surface area contributed by atoms with Gasteiger partial charge in [-0.15, -0.1) is 11.3 Å². The van der Waals surface area contributed by atoms with E-state index in [1.807, 2.05) is 0 Å². The van der Waals surface area contributed by atoms with Crippen LogP contribution in [0, 0.1) is 24.9 Å². The maximum absolute atomic E-state index is 13.0. The number of thiophene rings is 1. The number of aryl methyl sites for hydroxylation is 1. The third kappa shape index (κ3) is 2.63. The van der Waals surface area contributed by atoms with E-state index in [0.717, 1.165) is 25.4 Å². The van der Waals surface area contributed by atoms with Gasteiger partial charge in [-0.25, -0.2) is 0 Å². The average molecular weight is 345 g/mol. The van der Waals surface area contributed by atoms with Gasteiger partial charge in [-0.3, -0.25) is 0 Å². The minimum absolute atomic E-state index is 0.388. The monoisotopic (exact) mass is 344 g/mol. The number of benzene rings is 1. The molecule has 0 unspecified atom stereocenters. The highest BCUT2D eigenvalue weighted by Crippen LogP contribution is 2.40. The van der Waals surface area contributed by atoms with Crippen molar-refractivity contribution in [2.24, 2.45) is 0 Å². The fraction of sp³-hybridized carbons (Fsp3) is 0.0588. The average Bonchev–Trinajstić information content (AvgIpc) is 2.82. The first kappa shape index (κ1) is 13.4. The number of rotatable bonds is 2. The van der Waals surface area contributed by atoms with E-state index < -0.39 is 0 Å². The summed E-state index contributed by atoms with van der Waals surface area (Å²) < 4.78 is 14.0. The third-order valence-corrected chi connectivity index (χ3v) is 4.69. The van der Waals surface area contributed by atoms with Crippen molar-refractivity contribution in [3.05, 3.63) is 69.8 Å². The van der Waals surface area contributed by atoms with Crippen molar-refractivity contribution in [2.45, 2.75) is 6.92 Å². The van der Waals surface area contributed by atoms with Crippen LogP contribution in [0.4, 0.5) is 4.39 Å². The van der Waals surface area contributed by atoms with Crippen LogP contribution in [-0.2, 0) is 0 Å². The molecule has 0 aliphatic rings. The molecular weight excluding hydrogens is 335 g/mol. The molecule has 0 saturated carbocycles. The molecule has 0 aliphatic carbocycles. The highest BCUT2D eigenvalue weighted by molar-refractivity contribution is 9.11. The largest absolute Gasteiger partial charge is 0.197 e. The maximum atomic E-state index is 13.0. The summed E-state index contributed by atoms with van der Waals surface area (Å²) in [5.41, 5.74) is 4.35. The van der Waals surface area contributed by atoms with Crippen molar-refractivity contribution in [3.8, 4) is 21.6 Å². The lowest BCUT2D eigenvalue weighted by molar-refractivity contribution is 0.629. The smallest absolute Gasteiger partial charge is 0.173 e. The van der Waals surface area contributed by atoms with Gasteiger partial charge < -0.3 is 0 Å². The van der Waals surface area contributed by atoms with Crippen LogP contribution < -0.4 is 0 Å². The van der Waals surface area contributed by atoms with Gasteiger partial charge in [0.15, 0.2) is 5.82 Å². The van der Waals surface area contributed by atoms with Gasteiger partial charge in [-0.05, 0) is 52.7 Å². The predicted molar refractivity (Wildman–Crippen MR) is 85.3 cm³/mol. The molecule has 1 aromatic heterocycles. The van der Waals surface area contributed by atoms with Crippen molar-refractivity contribution < 1.29 is 4.39 Å². The summed E-state index contributed by atoms with van der Waals surface area (Å²) in [7, 11) is 0. The van der Waals surface area contributed by atoms with Gasteiger partial charge in [0, 0.05) is 11.1 Å². The van der Waals surface area contributed by atoms with E-state index in [1.165, 1.54) is 11.6 Å². The van der Waals surface area contributed by atoms with Crippen LogP contribution in [0.2, 0.25) is 0 Å². The zero-order chi connectivity index (χ0) is 14.1. The quantitative estimate of drug-likeness (QED) is 0.543. The van der Waals surface area contributed by atoms with E-state index in [4.69, 9.17) is 0 Å². The van der Waals surface area contributed by atoms with E-state index in [1.54, 1.807) is 17.4 Å². The number of hydrogen-bond acceptors (Lipinski definition) is 1. The summed E-state index contributed by atoms with van der Waals surface area (Å²) in [4.78, 5) is 1.07. The van der Waals surface area contributed by atoms with Gasteiger partial charge in [0.1, 0.15) is 0 Å². The zero-order valence-electron chi connectivity index (χ0n) is 10.7. The van der Waals surface area contributed by atoms with Crippen LogP contribution >= 0.6 is 27.3 Å². The molecule has 98 valence electrons. The molecule has 0 saturated heterocycles. The Morgan fingerprint density at radius 3 is 2.45 bits per heavy atom. The highest BCUT2D eigenvalue weighted by atomic mass is 79.9. The topological polar surface area (TPSA) is 0 Å². The van der Waals surface area contributed by atoms with E-state index in [-0.39, 0.29) is 5.82 Å². The normalized spacial score (nSPS) is 10.3. The molecule has 3 rings (SSSR count). The minimum Gasteiger partial charge on any atom is -0.197 e. The molecule has 0 atom stereocenters. The first-order chi connectivity index (χ1) is 9.63. The molecule has 3 aromatic rings. The number of hydrogen-bond donors (Lipinski definition) is 0. The fourth-order valence-corrected chi connectivity index (χ4v) is 3.61. The summed E-state index contributed by atoms with van der Waals surface area (Å²) in [5.74, 6) is -0.388. The van der Waals surface area contributed by atoms with Crippen LogP contribution in [0.3, 0.4) is 0 Å². The highest BCUT2D eigenvalue weighted by Gasteiger charge is 2.12. The van der Waals surface area contributed by atoms with Gasteiger partial charge in [-0.1, -0.05) is 35.9 Å². The Hall–Kier alpha value is -1.63. The molecule has 0 aliphatic heterocycles. The van der Waals surface area contributed by atoms with Crippen LogP contribution in [0.5, 0.6) is 0 Å². The fourth-order valence-electron chi connectivity index (χ4n) is 2.01. The lowest BCUT2D eigenvalue weighted by Crippen LogP contribution is -1.80. The SMILES string of the molecule is Cc1ccc(-c2cc(Br)sc2-c2c#cc(F)cc2)cc1. The van der Waals surface area contributed by atoms with Crippen molar-refractivity contribution in [3.63, 3.8) is 0 Å². The zero-order valence-corrected chi connectivity index (χ0v) is 13.1. The molecule has 0 spiro atoms. The van der Waals surface area contributed by atoms with Gasteiger partial charge in [0.05, 0.1) is 8.66 Å². The van der Waals surface area contributed by atoms with E-state index in [2.05, 4.69) is 65.3 Å². The van der Waals surface area contributed by atoms with Crippen LogP contribution in [-0.4, -0.2) is 0 Å². The van der Waals surface area contributed by atoms with Crippen molar-refractivity contribution in [1.29, 1.82) is 0 Å². The molecule has 2 aromatic carbocycles. The minimum atomic E-state index is -0.388. The van der Waals surface area contributed by atoms with Crippen LogP contribution in [0.1, 0.15) is 5.56 Å². The van der Waals surface area contributed by atoms with E-state index in [0.29, 0.717) is 0 Å². The second-order valence-electron chi connectivity index (χ2n) is 4.50. The molecule has 3 heteroatoms. The van der Waals surface area contributed by atoms with E-state index >= 15 is 0 Å². The van der Waals surface area contributed by atoms with Gasteiger partial charge >= 0.3 is 0 Å². The summed E-state index contributed by atoms with van der Waals surface area (Å²) >= 11 is 5.14. The van der Waals surface area contributed by atoms with Crippen LogP contribution in [0.15, 0.2) is 46.3 Å². The van der Waals surface area contributed by atoms with Crippen molar-refractivity contribution in [1.82, 2.24) is 0 Å². The van der Waals surface area contributed by atoms with Crippen molar-refractivity contribution in [2.75, 3.05) is 0 Å². The third-order valence-electron chi connectivity index (χ3n) is 3.02. The Balaban J connectivity index is 2.12.